The van der Waals surface area contributed by atoms with E-state index in [1.807, 2.05) is 0 Å². The molecule has 10 nitrogen and oxygen atoms in total. The van der Waals surface area contributed by atoms with E-state index in [-0.39, 0.29) is 5.69 Å². The Hall–Kier alpha value is -3.82. The summed E-state index contributed by atoms with van der Waals surface area (Å²) in [6.07, 6.45) is 0. The van der Waals surface area contributed by atoms with Gasteiger partial charge in [0.15, 0.2) is 11.5 Å². The van der Waals surface area contributed by atoms with Crippen LogP contribution in [0.2, 0.25) is 0 Å². The Kier molecular flexibility index (Phi) is 5.30. The van der Waals surface area contributed by atoms with Gasteiger partial charge in [0, 0.05) is 17.7 Å². The molecule has 0 spiro atoms. The predicted octanol–water partition coefficient (Wildman–Crippen LogP) is 3.08. The van der Waals surface area contributed by atoms with Crippen LogP contribution in [0, 0.1) is 10.1 Å². The topological polar surface area (TPSA) is 122 Å². The molecule has 1 heterocycles. The maximum absolute atomic E-state index is 10.9. The fraction of sp³-hybridized carbons (Fsp3) is 0.222. The largest absolute Gasteiger partial charge is 0.493 e. The second-order valence-corrected chi connectivity index (χ2v) is 5.55. The van der Waals surface area contributed by atoms with Gasteiger partial charge in [-0.3, -0.25) is 10.1 Å². The molecule has 0 atom stereocenters. The molecule has 0 radical (unpaired) electrons. The number of hydrogen-bond donors (Lipinski definition) is 1. The van der Waals surface area contributed by atoms with Crippen LogP contribution < -0.4 is 18.9 Å². The van der Waals surface area contributed by atoms with Crippen molar-refractivity contribution in [3.63, 3.8) is 0 Å². The molecule has 0 fully saturated rings. The summed E-state index contributed by atoms with van der Waals surface area (Å²) in [5, 5.41) is 21.9. The Labute approximate surface area is 160 Å². The first-order valence-electron chi connectivity index (χ1n) is 8.08. The van der Waals surface area contributed by atoms with Crippen molar-refractivity contribution in [2.24, 2.45) is 0 Å². The summed E-state index contributed by atoms with van der Waals surface area (Å²) in [6.45, 7) is 0. The summed E-state index contributed by atoms with van der Waals surface area (Å²) in [5.41, 5.74) is 2.14. The number of nitrogens with one attached hydrogen (secondary N) is 1. The zero-order valence-electron chi connectivity index (χ0n) is 15.7. The molecule has 3 rings (SSSR count). The molecule has 10 heteroatoms. The van der Waals surface area contributed by atoms with Crippen LogP contribution in [-0.4, -0.2) is 48.8 Å². The van der Waals surface area contributed by atoms with E-state index in [1.165, 1.54) is 40.6 Å². The molecule has 0 aliphatic carbocycles. The van der Waals surface area contributed by atoms with E-state index in [2.05, 4.69) is 15.4 Å². The van der Waals surface area contributed by atoms with Gasteiger partial charge in [-0.05, 0) is 18.2 Å². The number of benzene rings is 2. The minimum absolute atomic E-state index is 0.0147. The van der Waals surface area contributed by atoms with Crippen molar-refractivity contribution >= 4 is 5.69 Å². The Balaban J connectivity index is 2.20. The van der Waals surface area contributed by atoms with Crippen molar-refractivity contribution in [3.8, 4) is 45.5 Å². The van der Waals surface area contributed by atoms with E-state index in [9.17, 15) is 10.1 Å². The van der Waals surface area contributed by atoms with Crippen LogP contribution in [0.25, 0.3) is 22.5 Å². The number of methoxy groups -OCH3 is 4. The highest BCUT2D eigenvalue weighted by atomic mass is 16.6. The second kappa shape index (κ2) is 7.82. The van der Waals surface area contributed by atoms with E-state index >= 15 is 0 Å². The van der Waals surface area contributed by atoms with Crippen LogP contribution >= 0.6 is 0 Å². The van der Waals surface area contributed by atoms with Gasteiger partial charge in [0.1, 0.15) is 11.4 Å². The van der Waals surface area contributed by atoms with Gasteiger partial charge in [0.05, 0.1) is 38.9 Å². The Bertz CT molecular complexity index is 1000. The summed E-state index contributed by atoms with van der Waals surface area (Å²) in [5.74, 6) is 1.54. The van der Waals surface area contributed by atoms with Gasteiger partial charge in [-0.2, -0.15) is 15.4 Å². The summed E-state index contributed by atoms with van der Waals surface area (Å²) >= 11 is 0. The minimum atomic E-state index is -0.463. The number of aromatic amines is 1. The molecule has 0 saturated heterocycles. The molecule has 146 valence electrons. The van der Waals surface area contributed by atoms with Gasteiger partial charge in [0.25, 0.3) is 5.69 Å². The molecule has 0 amide bonds. The highest BCUT2D eigenvalue weighted by molar-refractivity contribution is 5.85. The number of nitro benzene ring substituents is 1. The second-order valence-electron chi connectivity index (χ2n) is 5.55. The average Bonchev–Trinajstić information content (AvgIpc) is 3.21. The van der Waals surface area contributed by atoms with Gasteiger partial charge in [-0.25, -0.2) is 0 Å². The summed E-state index contributed by atoms with van der Waals surface area (Å²) in [7, 11) is 5.99. The van der Waals surface area contributed by atoms with Crippen LogP contribution in [0.1, 0.15) is 0 Å². The van der Waals surface area contributed by atoms with Crippen LogP contribution in [0.15, 0.2) is 30.3 Å². The molecule has 0 aliphatic heterocycles. The van der Waals surface area contributed by atoms with Crippen molar-refractivity contribution in [1.29, 1.82) is 0 Å². The number of ether oxygens (including phenoxy) is 4. The SMILES string of the molecule is COc1cc(-c2n[nH]nc2-c2ccc([N+](=O)[O-])cc2)c(OC)c(OC)c1OC. The Morgan fingerprint density at radius 1 is 0.857 bits per heavy atom. The quantitative estimate of drug-likeness (QED) is 0.486. The van der Waals surface area contributed by atoms with Crippen molar-refractivity contribution in [1.82, 2.24) is 15.4 Å². The van der Waals surface area contributed by atoms with E-state index in [0.29, 0.717) is 45.5 Å². The van der Waals surface area contributed by atoms with E-state index in [4.69, 9.17) is 18.9 Å². The Morgan fingerprint density at radius 3 is 2.00 bits per heavy atom. The molecule has 1 aromatic heterocycles. The number of nitro groups is 1. The lowest BCUT2D eigenvalue weighted by Gasteiger charge is -2.18. The van der Waals surface area contributed by atoms with Gasteiger partial charge < -0.3 is 18.9 Å². The molecule has 0 saturated carbocycles. The van der Waals surface area contributed by atoms with E-state index < -0.39 is 4.92 Å². The van der Waals surface area contributed by atoms with Gasteiger partial charge >= 0.3 is 0 Å². The lowest BCUT2D eigenvalue weighted by molar-refractivity contribution is -0.384. The lowest BCUT2D eigenvalue weighted by Crippen LogP contribution is -2.00. The highest BCUT2D eigenvalue weighted by Gasteiger charge is 2.26. The molecule has 3 aromatic rings. The summed E-state index contributed by atoms with van der Waals surface area (Å²) < 4.78 is 21.8. The van der Waals surface area contributed by atoms with Crippen molar-refractivity contribution < 1.29 is 23.9 Å². The zero-order valence-corrected chi connectivity index (χ0v) is 15.7. The third kappa shape index (κ3) is 3.15. The Morgan fingerprint density at radius 2 is 1.46 bits per heavy atom. The molecular formula is C18H18N4O6. The molecule has 28 heavy (non-hydrogen) atoms. The van der Waals surface area contributed by atoms with Crippen LogP contribution in [0.5, 0.6) is 23.0 Å². The average molecular weight is 386 g/mol. The molecular weight excluding hydrogens is 368 g/mol. The smallest absolute Gasteiger partial charge is 0.269 e. The number of aromatic nitrogens is 3. The minimum Gasteiger partial charge on any atom is -0.493 e. The first-order chi connectivity index (χ1) is 13.5. The standard InChI is InChI=1S/C18H18N4O6/c1-25-13-9-12(16(26-2)18(28-4)17(13)27-3)15-14(19-21-20-15)10-5-7-11(8-6-10)22(23)24/h5-9H,1-4H3,(H,19,20,21). The van der Waals surface area contributed by atoms with Crippen LogP contribution in [0.4, 0.5) is 5.69 Å². The summed E-state index contributed by atoms with van der Waals surface area (Å²) in [6, 6.07) is 7.71. The van der Waals surface area contributed by atoms with Crippen LogP contribution in [0.3, 0.4) is 0 Å². The first kappa shape index (κ1) is 19.0. The number of non-ortho nitro benzene ring substituents is 1. The monoisotopic (exact) mass is 386 g/mol. The third-order valence-corrected chi connectivity index (χ3v) is 4.14. The number of H-pyrrole nitrogens is 1. The predicted molar refractivity (Wildman–Crippen MR) is 100 cm³/mol. The fourth-order valence-corrected chi connectivity index (χ4v) is 2.87. The van der Waals surface area contributed by atoms with Crippen molar-refractivity contribution in [2.45, 2.75) is 0 Å². The molecule has 1 N–H and O–H groups in total. The molecule has 2 aromatic carbocycles. The summed E-state index contributed by atoms with van der Waals surface area (Å²) in [4.78, 5) is 10.4. The highest BCUT2D eigenvalue weighted by Crippen LogP contribution is 2.50. The molecule has 0 unspecified atom stereocenters. The number of nitrogens with zero attached hydrogens (tertiary/aromatic N) is 3. The van der Waals surface area contributed by atoms with Crippen molar-refractivity contribution in [2.75, 3.05) is 28.4 Å². The van der Waals surface area contributed by atoms with Gasteiger partial charge in [0.2, 0.25) is 11.5 Å². The maximum Gasteiger partial charge on any atom is 0.269 e. The van der Waals surface area contributed by atoms with E-state index in [0.717, 1.165) is 0 Å². The zero-order chi connectivity index (χ0) is 20.3. The van der Waals surface area contributed by atoms with Crippen LogP contribution in [-0.2, 0) is 0 Å². The molecule has 0 bridgehead atoms. The number of hydrogen-bond acceptors (Lipinski definition) is 8. The lowest BCUT2D eigenvalue weighted by atomic mass is 10.0. The van der Waals surface area contributed by atoms with Crippen molar-refractivity contribution in [3.05, 3.63) is 40.4 Å². The van der Waals surface area contributed by atoms with E-state index in [1.54, 1.807) is 18.2 Å². The van der Waals surface area contributed by atoms with Gasteiger partial charge in [-0.15, -0.1) is 0 Å². The molecule has 0 aliphatic rings. The maximum atomic E-state index is 10.9. The first-order valence-corrected chi connectivity index (χ1v) is 8.08. The fourth-order valence-electron chi connectivity index (χ4n) is 2.87. The van der Waals surface area contributed by atoms with Gasteiger partial charge in [-0.1, -0.05) is 0 Å². The normalized spacial score (nSPS) is 10.4. The number of rotatable bonds is 7. The third-order valence-electron chi connectivity index (χ3n) is 4.14.